The van der Waals surface area contributed by atoms with Crippen LogP contribution in [-0.4, -0.2) is 49.1 Å². The first-order valence-corrected chi connectivity index (χ1v) is 7.94. The van der Waals surface area contributed by atoms with Crippen LogP contribution in [0.15, 0.2) is 0 Å². The molecule has 0 aromatic carbocycles. The number of rotatable bonds is 3. The molecule has 3 fully saturated rings. The zero-order chi connectivity index (χ0) is 13.3. The van der Waals surface area contributed by atoms with Gasteiger partial charge in [-0.2, -0.15) is 0 Å². The quantitative estimate of drug-likeness (QED) is 0.831. The van der Waals surface area contributed by atoms with Gasteiger partial charge in [-0.25, -0.2) is 0 Å². The van der Waals surface area contributed by atoms with Crippen molar-refractivity contribution in [1.82, 2.24) is 15.5 Å². The van der Waals surface area contributed by atoms with E-state index in [4.69, 9.17) is 0 Å². The van der Waals surface area contributed by atoms with Gasteiger partial charge in [0.25, 0.3) is 0 Å². The van der Waals surface area contributed by atoms with Crippen LogP contribution in [0.2, 0.25) is 0 Å². The number of amides is 1. The largest absolute Gasteiger partial charge is 0.352 e. The highest BCUT2D eigenvalue weighted by Gasteiger charge is 2.42. The summed E-state index contributed by atoms with van der Waals surface area (Å²) in [4.78, 5) is 14.7. The molecule has 4 nitrogen and oxygen atoms in total. The average molecular weight is 302 g/mol. The van der Waals surface area contributed by atoms with Crippen molar-refractivity contribution in [1.29, 1.82) is 0 Å². The molecule has 1 spiro atoms. The minimum absolute atomic E-state index is 0. The van der Waals surface area contributed by atoms with Crippen LogP contribution in [0.1, 0.15) is 45.4 Å². The Labute approximate surface area is 128 Å². The van der Waals surface area contributed by atoms with Crippen LogP contribution >= 0.6 is 12.4 Å². The number of hydrogen-bond acceptors (Lipinski definition) is 3. The Hall–Kier alpha value is -0.320. The van der Waals surface area contributed by atoms with Gasteiger partial charge in [0, 0.05) is 19.1 Å². The molecule has 2 N–H and O–H groups in total. The molecule has 0 bridgehead atoms. The highest BCUT2D eigenvalue weighted by atomic mass is 35.5. The number of carbonyl (C=O) groups is 1. The highest BCUT2D eigenvalue weighted by molar-refractivity contribution is 5.85. The zero-order valence-electron chi connectivity index (χ0n) is 12.5. The standard InChI is InChI=1S/C15H27N3O.ClH/c1-12(14(19)17-13-4-2-3-5-13)18-9-7-15(11-18)6-8-16-10-15;/h12-13,16H,2-11H2,1H3,(H,17,19);1H. The van der Waals surface area contributed by atoms with Gasteiger partial charge in [0.05, 0.1) is 6.04 Å². The van der Waals surface area contributed by atoms with Crippen molar-refractivity contribution in [3.05, 3.63) is 0 Å². The Morgan fingerprint density at radius 2 is 2.10 bits per heavy atom. The fourth-order valence-corrected chi connectivity index (χ4v) is 4.00. The van der Waals surface area contributed by atoms with Gasteiger partial charge in [0.1, 0.15) is 0 Å². The van der Waals surface area contributed by atoms with Crippen molar-refractivity contribution in [2.75, 3.05) is 26.2 Å². The van der Waals surface area contributed by atoms with Crippen LogP contribution in [0, 0.1) is 5.41 Å². The molecule has 0 aromatic rings. The lowest BCUT2D eigenvalue weighted by Gasteiger charge is -2.27. The number of likely N-dealkylation sites (tertiary alicyclic amines) is 1. The molecule has 2 unspecified atom stereocenters. The normalized spacial score (nSPS) is 32.5. The van der Waals surface area contributed by atoms with E-state index in [-0.39, 0.29) is 24.4 Å². The predicted octanol–water partition coefficient (Wildman–Crippen LogP) is 1.54. The molecule has 1 amide bonds. The summed E-state index contributed by atoms with van der Waals surface area (Å²) in [5, 5.41) is 6.71. The van der Waals surface area contributed by atoms with Gasteiger partial charge in [-0.1, -0.05) is 12.8 Å². The topological polar surface area (TPSA) is 44.4 Å². The minimum atomic E-state index is 0. The Morgan fingerprint density at radius 3 is 2.75 bits per heavy atom. The van der Waals surface area contributed by atoms with Crippen molar-refractivity contribution < 1.29 is 4.79 Å². The third-order valence-corrected chi connectivity index (χ3v) is 5.43. The highest BCUT2D eigenvalue weighted by Crippen LogP contribution is 2.36. The van der Waals surface area contributed by atoms with E-state index < -0.39 is 0 Å². The molecule has 2 aliphatic heterocycles. The molecule has 3 rings (SSSR count). The molecule has 5 heteroatoms. The van der Waals surface area contributed by atoms with Gasteiger partial charge < -0.3 is 10.6 Å². The molecule has 20 heavy (non-hydrogen) atoms. The first-order chi connectivity index (χ1) is 9.19. The summed E-state index contributed by atoms with van der Waals surface area (Å²) in [7, 11) is 0. The molecule has 2 saturated heterocycles. The Kier molecular flexibility index (Phi) is 5.32. The molecule has 2 atom stereocenters. The van der Waals surface area contributed by atoms with Gasteiger partial charge in [-0.3, -0.25) is 9.69 Å². The molecule has 116 valence electrons. The fourth-order valence-electron chi connectivity index (χ4n) is 4.00. The van der Waals surface area contributed by atoms with Crippen LogP contribution in [0.25, 0.3) is 0 Å². The molecule has 1 aliphatic carbocycles. The zero-order valence-corrected chi connectivity index (χ0v) is 13.3. The van der Waals surface area contributed by atoms with Crippen LogP contribution < -0.4 is 10.6 Å². The third kappa shape index (κ3) is 3.29. The second-order valence-electron chi connectivity index (χ2n) is 6.81. The van der Waals surface area contributed by atoms with Crippen molar-refractivity contribution >= 4 is 18.3 Å². The van der Waals surface area contributed by atoms with E-state index in [0.29, 0.717) is 11.5 Å². The predicted molar refractivity (Wildman–Crippen MR) is 83.2 cm³/mol. The maximum Gasteiger partial charge on any atom is 0.237 e. The van der Waals surface area contributed by atoms with E-state index in [9.17, 15) is 4.79 Å². The molecule has 1 saturated carbocycles. The lowest BCUT2D eigenvalue weighted by molar-refractivity contribution is -0.126. The Bertz CT molecular complexity index is 338. The molecular formula is C15H28ClN3O. The summed E-state index contributed by atoms with van der Waals surface area (Å²) in [6, 6.07) is 0.486. The van der Waals surface area contributed by atoms with Crippen molar-refractivity contribution in [2.24, 2.45) is 5.41 Å². The number of carbonyl (C=O) groups excluding carboxylic acids is 1. The molecular weight excluding hydrogens is 274 g/mol. The van der Waals surface area contributed by atoms with Gasteiger partial charge in [-0.05, 0) is 51.1 Å². The lowest BCUT2D eigenvalue weighted by atomic mass is 9.86. The number of halogens is 1. The number of nitrogens with one attached hydrogen (secondary N) is 2. The van der Waals surface area contributed by atoms with Crippen LogP contribution in [0.3, 0.4) is 0 Å². The summed E-state index contributed by atoms with van der Waals surface area (Å²) < 4.78 is 0. The molecule has 0 aromatic heterocycles. The first-order valence-electron chi connectivity index (χ1n) is 7.94. The Morgan fingerprint density at radius 1 is 1.35 bits per heavy atom. The van der Waals surface area contributed by atoms with E-state index in [1.165, 1.54) is 38.5 Å². The van der Waals surface area contributed by atoms with Crippen LogP contribution in [-0.2, 0) is 4.79 Å². The molecule has 3 aliphatic rings. The fraction of sp³-hybridized carbons (Fsp3) is 0.933. The van der Waals surface area contributed by atoms with Gasteiger partial charge in [0.2, 0.25) is 5.91 Å². The van der Waals surface area contributed by atoms with Crippen LogP contribution in [0.4, 0.5) is 0 Å². The minimum Gasteiger partial charge on any atom is -0.352 e. The van der Waals surface area contributed by atoms with E-state index in [1.807, 2.05) is 0 Å². The van der Waals surface area contributed by atoms with E-state index in [0.717, 1.165) is 26.2 Å². The van der Waals surface area contributed by atoms with Gasteiger partial charge in [0.15, 0.2) is 0 Å². The first kappa shape index (κ1) is 16.1. The van der Waals surface area contributed by atoms with Gasteiger partial charge >= 0.3 is 0 Å². The molecule has 2 heterocycles. The van der Waals surface area contributed by atoms with Gasteiger partial charge in [-0.15, -0.1) is 12.4 Å². The maximum atomic E-state index is 12.3. The SMILES string of the molecule is CC(C(=O)NC1CCCC1)N1CCC2(CCNC2)C1.Cl. The second-order valence-corrected chi connectivity index (χ2v) is 6.81. The van der Waals surface area contributed by atoms with E-state index >= 15 is 0 Å². The summed E-state index contributed by atoms with van der Waals surface area (Å²) in [5.74, 6) is 0.245. The van der Waals surface area contributed by atoms with Crippen molar-refractivity contribution in [3.8, 4) is 0 Å². The Balaban J connectivity index is 0.00000147. The van der Waals surface area contributed by atoms with Crippen molar-refractivity contribution in [3.63, 3.8) is 0 Å². The third-order valence-electron chi connectivity index (χ3n) is 5.43. The second kappa shape index (κ2) is 6.63. The summed E-state index contributed by atoms with van der Waals surface area (Å²) in [5.41, 5.74) is 0.460. The number of nitrogens with zero attached hydrogens (tertiary/aromatic N) is 1. The average Bonchev–Trinajstić information content (AvgIpc) is 3.13. The smallest absolute Gasteiger partial charge is 0.237 e. The van der Waals surface area contributed by atoms with E-state index in [2.05, 4.69) is 22.5 Å². The monoisotopic (exact) mass is 301 g/mol. The lowest BCUT2D eigenvalue weighted by Crippen LogP contribution is -2.47. The summed E-state index contributed by atoms with van der Waals surface area (Å²) >= 11 is 0. The summed E-state index contributed by atoms with van der Waals surface area (Å²) in [6.07, 6.45) is 7.43. The van der Waals surface area contributed by atoms with E-state index in [1.54, 1.807) is 0 Å². The maximum absolute atomic E-state index is 12.3. The van der Waals surface area contributed by atoms with Crippen molar-refractivity contribution in [2.45, 2.75) is 57.5 Å². The van der Waals surface area contributed by atoms with Crippen LogP contribution in [0.5, 0.6) is 0 Å². The summed E-state index contributed by atoms with van der Waals surface area (Å²) in [6.45, 7) is 6.54. The number of hydrogen-bond donors (Lipinski definition) is 2. The molecule has 0 radical (unpaired) electrons.